The van der Waals surface area contributed by atoms with Crippen LogP contribution in [0.3, 0.4) is 0 Å². The SMILES string of the molecule is CCC(c1ccccc1)C(F)(F)CC(=O)O. The van der Waals surface area contributed by atoms with Gasteiger partial charge < -0.3 is 5.11 Å². The lowest BCUT2D eigenvalue weighted by molar-refractivity contribution is -0.146. The van der Waals surface area contributed by atoms with E-state index in [1.165, 1.54) is 0 Å². The maximum absolute atomic E-state index is 13.6. The minimum Gasteiger partial charge on any atom is -0.481 e. The third-order valence-electron chi connectivity index (χ3n) is 2.51. The largest absolute Gasteiger partial charge is 0.481 e. The summed E-state index contributed by atoms with van der Waals surface area (Å²) in [6, 6.07) is 8.29. The van der Waals surface area contributed by atoms with Gasteiger partial charge in [0.1, 0.15) is 6.42 Å². The van der Waals surface area contributed by atoms with E-state index in [0.29, 0.717) is 5.56 Å². The van der Waals surface area contributed by atoms with Gasteiger partial charge in [0.2, 0.25) is 0 Å². The molecule has 16 heavy (non-hydrogen) atoms. The van der Waals surface area contributed by atoms with E-state index in [4.69, 9.17) is 5.11 Å². The summed E-state index contributed by atoms with van der Waals surface area (Å²) >= 11 is 0. The number of halogens is 2. The molecule has 0 heterocycles. The van der Waals surface area contributed by atoms with Gasteiger partial charge in [0.25, 0.3) is 5.92 Å². The molecule has 0 saturated carbocycles. The summed E-state index contributed by atoms with van der Waals surface area (Å²) in [6.45, 7) is 1.63. The van der Waals surface area contributed by atoms with Crippen LogP contribution in [-0.2, 0) is 4.79 Å². The van der Waals surface area contributed by atoms with Gasteiger partial charge in [0.05, 0.1) is 0 Å². The van der Waals surface area contributed by atoms with Crippen LogP contribution in [0.15, 0.2) is 30.3 Å². The zero-order chi connectivity index (χ0) is 12.2. The van der Waals surface area contributed by atoms with Crippen molar-refractivity contribution < 1.29 is 18.7 Å². The van der Waals surface area contributed by atoms with Crippen molar-refractivity contribution in [1.29, 1.82) is 0 Å². The fourth-order valence-corrected chi connectivity index (χ4v) is 1.79. The molecule has 0 aliphatic rings. The second-order valence-corrected chi connectivity index (χ2v) is 3.70. The van der Waals surface area contributed by atoms with Gasteiger partial charge in [-0.1, -0.05) is 37.3 Å². The Morgan fingerprint density at radius 3 is 2.38 bits per heavy atom. The van der Waals surface area contributed by atoms with Gasteiger partial charge in [-0.15, -0.1) is 0 Å². The van der Waals surface area contributed by atoms with Gasteiger partial charge in [-0.25, -0.2) is 8.78 Å². The first-order valence-corrected chi connectivity index (χ1v) is 5.12. The minimum atomic E-state index is -3.21. The molecule has 1 atom stereocenters. The van der Waals surface area contributed by atoms with Crippen LogP contribution in [-0.4, -0.2) is 17.0 Å². The van der Waals surface area contributed by atoms with Crippen molar-refractivity contribution in [1.82, 2.24) is 0 Å². The Labute approximate surface area is 92.9 Å². The Hall–Kier alpha value is -1.45. The molecule has 0 radical (unpaired) electrons. The van der Waals surface area contributed by atoms with E-state index in [1.807, 2.05) is 0 Å². The third-order valence-corrected chi connectivity index (χ3v) is 2.51. The number of rotatable bonds is 5. The standard InChI is InChI=1S/C12H14F2O2/c1-2-10(9-6-4-3-5-7-9)12(13,14)8-11(15)16/h3-7,10H,2,8H2,1H3,(H,15,16). The number of carboxylic acid groups (broad SMARTS) is 1. The number of carboxylic acids is 1. The second-order valence-electron chi connectivity index (χ2n) is 3.70. The Balaban J connectivity index is 2.94. The number of benzene rings is 1. The van der Waals surface area contributed by atoms with E-state index in [2.05, 4.69) is 0 Å². The number of aliphatic carboxylic acids is 1. The molecule has 4 heteroatoms. The van der Waals surface area contributed by atoms with Crippen LogP contribution in [0.5, 0.6) is 0 Å². The van der Waals surface area contributed by atoms with Crippen LogP contribution in [0.1, 0.15) is 31.2 Å². The molecule has 1 N–H and O–H groups in total. The van der Waals surface area contributed by atoms with Crippen LogP contribution in [0.4, 0.5) is 8.78 Å². The van der Waals surface area contributed by atoms with Gasteiger partial charge in [-0.05, 0) is 12.0 Å². The molecule has 1 unspecified atom stereocenters. The maximum atomic E-state index is 13.6. The Morgan fingerprint density at radius 2 is 1.94 bits per heavy atom. The minimum absolute atomic E-state index is 0.213. The Kier molecular flexibility index (Phi) is 3.99. The lowest BCUT2D eigenvalue weighted by atomic mass is 9.88. The van der Waals surface area contributed by atoms with Crippen molar-refractivity contribution in [2.75, 3.05) is 0 Å². The topological polar surface area (TPSA) is 37.3 Å². The van der Waals surface area contributed by atoms with E-state index < -0.39 is 24.2 Å². The average Bonchev–Trinajstić information content (AvgIpc) is 2.17. The molecule has 0 amide bonds. The first-order valence-electron chi connectivity index (χ1n) is 5.12. The Bertz CT molecular complexity index is 349. The normalized spacial score (nSPS) is 13.4. The molecule has 2 nitrogen and oxygen atoms in total. The first kappa shape index (κ1) is 12.6. The highest BCUT2D eigenvalue weighted by atomic mass is 19.3. The van der Waals surface area contributed by atoms with Gasteiger partial charge in [0.15, 0.2) is 0 Å². The summed E-state index contributed by atoms with van der Waals surface area (Å²) in [5, 5.41) is 8.46. The molecule has 0 aliphatic carbocycles. The lowest BCUT2D eigenvalue weighted by Crippen LogP contribution is -2.29. The summed E-state index contributed by atoms with van der Waals surface area (Å²) in [5.41, 5.74) is 0.483. The summed E-state index contributed by atoms with van der Waals surface area (Å²) in [5.74, 6) is -5.72. The van der Waals surface area contributed by atoms with Crippen molar-refractivity contribution >= 4 is 5.97 Å². The van der Waals surface area contributed by atoms with Gasteiger partial charge in [-0.2, -0.15) is 0 Å². The highest BCUT2D eigenvalue weighted by Crippen LogP contribution is 2.38. The molecular formula is C12H14F2O2. The van der Waals surface area contributed by atoms with Crippen LogP contribution in [0.25, 0.3) is 0 Å². The average molecular weight is 228 g/mol. The monoisotopic (exact) mass is 228 g/mol. The Morgan fingerprint density at radius 1 is 1.38 bits per heavy atom. The van der Waals surface area contributed by atoms with Gasteiger partial charge in [-0.3, -0.25) is 4.79 Å². The van der Waals surface area contributed by atoms with E-state index >= 15 is 0 Å². The van der Waals surface area contributed by atoms with Crippen molar-refractivity contribution in [2.45, 2.75) is 31.6 Å². The number of hydrogen-bond donors (Lipinski definition) is 1. The molecule has 88 valence electrons. The van der Waals surface area contributed by atoms with Crippen molar-refractivity contribution in [3.8, 4) is 0 Å². The molecule has 0 fully saturated rings. The number of carbonyl (C=O) groups is 1. The summed E-state index contributed by atoms with van der Waals surface area (Å²) in [7, 11) is 0. The quantitative estimate of drug-likeness (QED) is 0.839. The summed E-state index contributed by atoms with van der Waals surface area (Å²) in [6.07, 6.45) is -0.912. The molecular weight excluding hydrogens is 214 g/mol. The summed E-state index contributed by atoms with van der Waals surface area (Å²) in [4.78, 5) is 10.4. The predicted octanol–water partition coefficient (Wildman–Crippen LogP) is 3.29. The van der Waals surface area contributed by atoms with E-state index in [0.717, 1.165) is 0 Å². The fourth-order valence-electron chi connectivity index (χ4n) is 1.79. The molecule has 0 saturated heterocycles. The maximum Gasteiger partial charge on any atom is 0.309 e. The number of alkyl halides is 2. The number of hydrogen-bond acceptors (Lipinski definition) is 1. The van der Waals surface area contributed by atoms with Crippen LogP contribution in [0.2, 0.25) is 0 Å². The van der Waals surface area contributed by atoms with Crippen LogP contribution >= 0.6 is 0 Å². The highest BCUT2D eigenvalue weighted by molar-refractivity contribution is 5.68. The molecule has 0 aromatic heterocycles. The summed E-state index contributed by atoms with van der Waals surface area (Å²) < 4.78 is 27.3. The zero-order valence-electron chi connectivity index (χ0n) is 8.99. The molecule has 1 rings (SSSR count). The molecule has 0 aliphatic heterocycles. The third kappa shape index (κ3) is 3.02. The molecule has 0 spiro atoms. The van der Waals surface area contributed by atoms with Crippen LogP contribution < -0.4 is 0 Å². The van der Waals surface area contributed by atoms with E-state index in [-0.39, 0.29) is 6.42 Å². The molecule has 1 aromatic rings. The lowest BCUT2D eigenvalue weighted by Gasteiger charge is -2.24. The highest BCUT2D eigenvalue weighted by Gasteiger charge is 2.41. The van der Waals surface area contributed by atoms with E-state index in [9.17, 15) is 13.6 Å². The zero-order valence-corrected chi connectivity index (χ0v) is 8.99. The van der Waals surface area contributed by atoms with Gasteiger partial charge >= 0.3 is 5.97 Å². The molecule has 0 bridgehead atoms. The first-order chi connectivity index (χ1) is 7.47. The van der Waals surface area contributed by atoms with Crippen molar-refractivity contribution in [2.24, 2.45) is 0 Å². The van der Waals surface area contributed by atoms with Crippen molar-refractivity contribution in [3.05, 3.63) is 35.9 Å². The fraction of sp³-hybridized carbons (Fsp3) is 0.417. The molecule has 1 aromatic carbocycles. The smallest absolute Gasteiger partial charge is 0.309 e. The second kappa shape index (κ2) is 5.05. The van der Waals surface area contributed by atoms with Gasteiger partial charge in [0, 0.05) is 5.92 Å². The van der Waals surface area contributed by atoms with Crippen LogP contribution in [0, 0.1) is 0 Å². The van der Waals surface area contributed by atoms with E-state index in [1.54, 1.807) is 37.3 Å². The van der Waals surface area contributed by atoms with Crippen molar-refractivity contribution in [3.63, 3.8) is 0 Å². The predicted molar refractivity (Wildman–Crippen MR) is 56.7 cm³/mol.